The first-order chi connectivity index (χ1) is 14.8. The van der Waals surface area contributed by atoms with Crippen molar-refractivity contribution in [2.45, 2.75) is 64.0 Å². The highest BCUT2D eigenvalue weighted by Gasteiger charge is 2.25. The normalized spacial score (nSPS) is 18.1. The summed E-state index contributed by atoms with van der Waals surface area (Å²) in [5.74, 6) is -1.70. The van der Waals surface area contributed by atoms with Crippen LogP contribution >= 0.6 is 0 Å². The van der Waals surface area contributed by atoms with Crippen molar-refractivity contribution < 1.29 is 29.7 Å². The Kier molecular flexibility index (Phi) is 9.46. The van der Waals surface area contributed by atoms with Gasteiger partial charge in [0.15, 0.2) is 0 Å². The molecule has 3 N–H and O–H groups in total. The summed E-state index contributed by atoms with van der Waals surface area (Å²) >= 11 is 0. The quantitative estimate of drug-likeness (QED) is 0.367. The second kappa shape index (κ2) is 12.1. The van der Waals surface area contributed by atoms with Crippen LogP contribution in [0.5, 0.6) is 0 Å². The van der Waals surface area contributed by atoms with Gasteiger partial charge in [-0.1, -0.05) is 36.4 Å². The fourth-order valence-corrected chi connectivity index (χ4v) is 3.72. The summed E-state index contributed by atoms with van der Waals surface area (Å²) in [4.78, 5) is 35.8. The summed E-state index contributed by atoms with van der Waals surface area (Å²) in [5.41, 5.74) is 1.75. The van der Waals surface area contributed by atoms with E-state index in [-0.39, 0.29) is 23.9 Å². The van der Waals surface area contributed by atoms with Crippen molar-refractivity contribution in [1.29, 1.82) is 0 Å². The minimum atomic E-state index is -0.970. The van der Waals surface area contributed by atoms with E-state index in [0.29, 0.717) is 37.8 Å². The topological polar surface area (TPSA) is 115 Å². The van der Waals surface area contributed by atoms with Gasteiger partial charge in [0.05, 0.1) is 17.7 Å². The van der Waals surface area contributed by atoms with Gasteiger partial charge in [-0.2, -0.15) is 0 Å². The van der Waals surface area contributed by atoms with E-state index in [1.54, 1.807) is 36.1 Å². The van der Waals surface area contributed by atoms with Crippen LogP contribution in [0.2, 0.25) is 0 Å². The maximum atomic E-state index is 12.3. The smallest absolute Gasteiger partial charge is 0.335 e. The average Bonchev–Trinajstić information content (AvgIpc) is 2.69. The van der Waals surface area contributed by atoms with Crippen LogP contribution in [-0.4, -0.2) is 56.8 Å². The molecule has 1 amide bonds. The van der Waals surface area contributed by atoms with E-state index < -0.39 is 18.0 Å². The van der Waals surface area contributed by atoms with E-state index in [2.05, 4.69) is 0 Å². The highest BCUT2D eigenvalue weighted by atomic mass is 16.4. The Balaban J connectivity index is 1.92. The molecule has 0 spiro atoms. The molecule has 31 heavy (non-hydrogen) atoms. The van der Waals surface area contributed by atoms with Crippen LogP contribution in [0, 0.1) is 6.92 Å². The monoisotopic (exact) mass is 429 g/mol. The zero-order valence-electron chi connectivity index (χ0n) is 17.9. The fourth-order valence-electron chi connectivity index (χ4n) is 3.72. The van der Waals surface area contributed by atoms with E-state index in [9.17, 15) is 19.5 Å². The van der Waals surface area contributed by atoms with Crippen molar-refractivity contribution in [2.24, 2.45) is 0 Å². The zero-order chi connectivity index (χ0) is 22.8. The molecule has 0 bridgehead atoms. The number of aliphatic hydroxyl groups excluding tert-OH is 1. The van der Waals surface area contributed by atoms with Gasteiger partial charge in [-0.15, -0.1) is 0 Å². The van der Waals surface area contributed by atoms with Crippen LogP contribution in [0.1, 0.15) is 60.0 Å². The van der Waals surface area contributed by atoms with E-state index in [1.165, 1.54) is 0 Å². The second-order valence-corrected chi connectivity index (χ2v) is 7.87. The molecule has 7 heteroatoms. The number of aliphatic carboxylic acids is 1. The lowest BCUT2D eigenvalue weighted by Gasteiger charge is -2.33. The number of unbranched alkanes of at least 4 members (excludes halogenated alkanes) is 1. The Bertz CT molecular complexity index is 844. The first kappa shape index (κ1) is 24.3. The molecule has 0 saturated carbocycles. The Morgan fingerprint density at radius 2 is 2.03 bits per heavy atom. The molecule has 0 aromatic heterocycles. The fraction of sp³-hybridized carbons (Fsp3) is 0.458. The van der Waals surface area contributed by atoms with Crippen LogP contribution < -0.4 is 0 Å². The number of hydrogen-bond acceptors (Lipinski definition) is 4. The summed E-state index contributed by atoms with van der Waals surface area (Å²) in [5, 5.41) is 28.2. The molecule has 1 unspecified atom stereocenters. The minimum Gasteiger partial charge on any atom is -0.481 e. The van der Waals surface area contributed by atoms with Crippen LogP contribution in [0.4, 0.5) is 0 Å². The third kappa shape index (κ3) is 8.02. The molecule has 1 aliphatic rings. The predicted molar refractivity (Wildman–Crippen MR) is 117 cm³/mol. The molecule has 1 aliphatic heterocycles. The molecule has 0 radical (unpaired) electrons. The number of hydrogen-bond donors (Lipinski definition) is 3. The first-order valence-electron chi connectivity index (χ1n) is 10.6. The Morgan fingerprint density at radius 3 is 2.71 bits per heavy atom. The lowest BCUT2D eigenvalue weighted by atomic mass is 9.98. The van der Waals surface area contributed by atoms with Gasteiger partial charge in [-0.25, -0.2) is 4.79 Å². The summed E-state index contributed by atoms with van der Waals surface area (Å²) in [6.45, 7) is 2.20. The van der Waals surface area contributed by atoms with Gasteiger partial charge in [0.25, 0.3) is 0 Å². The molecule has 2 atom stereocenters. The van der Waals surface area contributed by atoms with Gasteiger partial charge < -0.3 is 20.2 Å². The maximum Gasteiger partial charge on any atom is 0.335 e. The number of rotatable bonds is 11. The maximum absolute atomic E-state index is 12.3. The van der Waals surface area contributed by atoms with Crippen molar-refractivity contribution in [3.63, 3.8) is 0 Å². The van der Waals surface area contributed by atoms with Gasteiger partial charge in [-0.05, 0) is 49.8 Å². The molecule has 7 nitrogen and oxygen atoms in total. The van der Waals surface area contributed by atoms with Crippen molar-refractivity contribution in [3.05, 3.63) is 59.2 Å². The molecule has 168 valence electrons. The van der Waals surface area contributed by atoms with Gasteiger partial charge in [0.1, 0.15) is 0 Å². The van der Waals surface area contributed by atoms with Crippen LogP contribution in [-0.2, 0) is 16.0 Å². The standard InChI is InChI=1S/C24H31NO6/c1-17-15-18(10-13-21(17)24(30)31)16-20(26)12-11-19-7-6-8-22(27)25(19)14-5-3-2-4-9-23(28)29/h3,5,10-13,15,19-20,26H,2,4,6-9,14,16H2,1H3,(H,28,29)(H,30,31)/b5-3-,12-11+/t19-,20?/m1/s1. The van der Waals surface area contributed by atoms with E-state index >= 15 is 0 Å². The highest BCUT2D eigenvalue weighted by molar-refractivity contribution is 5.89. The van der Waals surface area contributed by atoms with Gasteiger partial charge in [-0.3, -0.25) is 9.59 Å². The van der Waals surface area contributed by atoms with Gasteiger partial charge >= 0.3 is 11.9 Å². The molecular weight excluding hydrogens is 398 g/mol. The first-order valence-corrected chi connectivity index (χ1v) is 10.6. The molecule has 2 rings (SSSR count). The van der Waals surface area contributed by atoms with Crippen molar-refractivity contribution in [2.75, 3.05) is 6.54 Å². The number of nitrogens with zero attached hydrogens (tertiary/aromatic N) is 1. The van der Waals surface area contributed by atoms with Gasteiger partial charge in [0, 0.05) is 25.8 Å². The Hall–Kier alpha value is -2.93. The Morgan fingerprint density at radius 1 is 1.26 bits per heavy atom. The number of aliphatic hydroxyl groups is 1. The van der Waals surface area contributed by atoms with Crippen LogP contribution in [0.15, 0.2) is 42.5 Å². The third-order valence-corrected chi connectivity index (χ3v) is 5.36. The molecule has 1 aromatic rings. The molecule has 1 heterocycles. The van der Waals surface area contributed by atoms with Crippen LogP contribution in [0.3, 0.4) is 0 Å². The lowest BCUT2D eigenvalue weighted by Crippen LogP contribution is -2.42. The molecule has 1 saturated heterocycles. The van der Waals surface area contributed by atoms with E-state index in [0.717, 1.165) is 18.4 Å². The van der Waals surface area contributed by atoms with Crippen molar-refractivity contribution in [1.82, 2.24) is 4.90 Å². The number of aromatic carboxylic acids is 1. The number of likely N-dealkylation sites (tertiary alicyclic amines) is 1. The molecule has 0 aliphatic carbocycles. The second-order valence-electron chi connectivity index (χ2n) is 7.87. The number of carbonyl (C=O) groups excluding carboxylic acids is 1. The number of allylic oxidation sites excluding steroid dienone is 1. The zero-order valence-corrected chi connectivity index (χ0v) is 17.9. The minimum absolute atomic E-state index is 0.0745. The number of amides is 1. The summed E-state index contributed by atoms with van der Waals surface area (Å²) in [6.07, 6.45) is 10.5. The van der Waals surface area contributed by atoms with Crippen LogP contribution in [0.25, 0.3) is 0 Å². The number of carbonyl (C=O) groups is 3. The largest absolute Gasteiger partial charge is 0.481 e. The van der Waals surface area contributed by atoms with Crippen molar-refractivity contribution >= 4 is 17.8 Å². The summed E-state index contributed by atoms with van der Waals surface area (Å²) < 4.78 is 0. The highest BCUT2D eigenvalue weighted by Crippen LogP contribution is 2.20. The number of piperidine rings is 1. The van der Waals surface area contributed by atoms with Crippen molar-refractivity contribution in [3.8, 4) is 0 Å². The third-order valence-electron chi connectivity index (χ3n) is 5.36. The Labute approximate surface area is 182 Å². The molecule has 1 aromatic carbocycles. The molecular formula is C24H31NO6. The lowest BCUT2D eigenvalue weighted by molar-refractivity contribution is -0.137. The summed E-state index contributed by atoms with van der Waals surface area (Å²) in [6, 6.07) is 4.94. The number of aryl methyl sites for hydroxylation is 1. The SMILES string of the molecule is Cc1cc(CC(O)/C=C/[C@H]2CCCC(=O)N2C/C=C\CCCC(=O)O)ccc1C(=O)O. The number of carboxylic acid groups (broad SMARTS) is 2. The molecule has 1 fully saturated rings. The summed E-state index contributed by atoms with van der Waals surface area (Å²) in [7, 11) is 0. The predicted octanol–water partition coefficient (Wildman–Crippen LogP) is 3.35. The van der Waals surface area contributed by atoms with Gasteiger partial charge in [0.2, 0.25) is 5.91 Å². The average molecular weight is 430 g/mol. The van der Waals surface area contributed by atoms with E-state index in [1.807, 2.05) is 18.2 Å². The number of benzene rings is 1. The van der Waals surface area contributed by atoms with E-state index in [4.69, 9.17) is 10.2 Å². The number of carboxylic acids is 2.